The summed E-state index contributed by atoms with van der Waals surface area (Å²) < 4.78 is 1.99. The van der Waals surface area contributed by atoms with Gasteiger partial charge in [-0.3, -0.25) is 10.2 Å². The molecule has 1 fully saturated rings. The van der Waals surface area contributed by atoms with Gasteiger partial charge in [0.2, 0.25) is 0 Å². The fourth-order valence-corrected chi connectivity index (χ4v) is 4.16. The minimum absolute atomic E-state index is 0.0997. The van der Waals surface area contributed by atoms with Crippen LogP contribution in [0.2, 0.25) is 10.0 Å². The van der Waals surface area contributed by atoms with E-state index in [9.17, 15) is 9.90 Å². The summed E-state index contributed by atoms with van der Waals surface area (Å²) in [6.45, 7) is 0.949. The second kappa shape index (κ2) is 7.62. The summed E-state index contributed by atoms with van der Waals surface area (Å²) in [4.78, 5) is 12.6. The standard InChI is InChI=1S/C20H20Cl2N4O2/c1-25(20(27)28)15-5-6-17-16(11-15)19(12-8-13(21)10-14(22)9-12)24-26(17)18-4-2-3-7-23-18/h5-6,8-11,18,23H,2-4,7H2,1H3,(H,27,28)/t18-/m1/s1. The molecule has 8 heteroatoms. The number of piperidine rings is 1. The van der Waals surface area contributed by atoms with Gasteiger partial charge >= 0.3 is 6.09 Å². The highest BCUT2D eigenvalue weighted by Gasteiger charge is 2.22. The number of carboxylic acid groups (broad SMARTS) is 1. The molecule has 1 atom stereocenters. The van der Waals surface area contributed by atoms with E-state index in [-0.39, 0.29) is 6.17 Å². The quantitative estimate of drug-likeness (QED) is 0.597. The monoisotopic (exact) mass is 418 g/mol. The van der Waals surface area contributed by atoms with E-state index in [2.05, 4.69) is 5.32 Å². The fourth-order valence-electron chi connectivity index (χ4n) is 3.63. The van der Waals surface area contributed by atoms with Crippen molar-refractivity contribution in [2.24, 2.45) is 0 Å². The Balaban J connectivity index is 1.92. The molecule has 0 spiro atoms. The number of nitrogens with zero attached hydrogens (tertiary/aromatic N) is 3. The molecule has 1 aromatic heterocycles. The Morgan fingerprint density at radius 3 is 2.61 bits per heavy atom. The van der Waals surface area contributed by atoms with Crippen LogP contribution in [0.1, 0.15) is 25.4 Å². The van der Waals surface area contributed by atoms with Crippen molar-refractivity contribution in [1.29, 1.82) is 0 Å². The molecule has 28 heavy (non-hydrogen) atoms. The molecule has 1 aliphatic rings. The average molecular weight is 419 g/mol. The maximum absolute atomic E-state index is 11.4. The van der Waals surface area contributed by atoms with Gasteiger partial charge in [0.1, 0.15) is 11.9 Å². The highest BCUT2D eigenvalue weighted by molar-refractivity contribution is 6.35. The van der Waals surface area contributed by atoms with Gasteiger partial charge in [-0.2, -0.15) is 5.10 Å². The second-order valence-electron chi connectivity index (χ2n) is 6.96. The van der Waals surface area contributed by atoms with Crippen molar-refractivity contribution in [3.05, 3.63) is 46.4 Å². The Hall–Kier alpha value is -2.28. The number of fused-ring (bicyclic) bond motifs is 1. The van der Waals surface area contributed by atoms with Crippen molar-refractivity contribution in [3.8, 4) is 11.3 Å². The number of benzene rings is 2. The van der Waals surface area contributed by atoms with Crippen molar-refractivity contribution < 1.29 is 9.90 Å². The lowest BCUT2D eigenvalue weighted by Crippen LogP contribution is -2.32. The summed E-state index contributed by atoms with van der Waals surface area (Å²) >= 11 is 12.4. The number of rotatable bonds is 3. The summed E-state index contributed by atoms with van der Waals surface area (Å²) in [7, 11) is 1.52. The third kappa shape index (κ3) is 3.55. The molecule has 2 heterocycles. The molecule has 3 aromatic rings. The molecular formula is C20H20Cl2N4O2. The molecule has 146 valence electrons. The topological polar surface area (TPSA) is 70.4 Å². The summed E-state index contributed by atoms with van der Waals surface area (Å²) in [5.41, 5.74) is 3.04. The number of amides is 1. The number of nitrogens with one attached hydrogen (secondary N) is 1. The van der Waals surface area contributed by atoms with Crippen molar-refractivity contribution in [2.75, 3.05) is 18.5 Å². The van der Waals surface area contributed by atoms with E-state index in [1.165, 1.54) is 11.9 Å². The van der Waals surface area contributed by atoms with Gasteiger partial charge in [0, 0.05) is 33.7 Å². The maximum atomic E-state index is 11.4. The van der Waals surface area contributed by atoms with E-state index in [1.54, 1.807) is 12.1 Å². The van der Waals surface area contributed by atoms with Gasteiger partial charge in [-0.15, -0.1) is 0 Å². The molecule has 0 unspecified atom stereocenters. The SMILES string of the molecule is CN(C(=O)O)c1ccc2c(c1)c(-c1cc(Cl)cc(Cl)c1)nn2[C@@H]1CCCCN1. The van der Waals surface area contributed by atoms with E-state index in [0.717, 1.165) is 48.0 Å². The highest BCUT2D eigenvalue weighted by atomic mass is 35.5. The maximum Gasteiger partial charge on any atom is 0.411 e. The second-order valence-corrected chi connectivity index (χ2v) is 7.83. The first-order chi connectivity index (χ1) is 13.4. The number of aromatic nitrogens is 2. The van der Waals surface area contributed by atoms with E-state index in [4.69, 9.17) is 28.3 Å². The first-order valence-electron chi connectivity index (χ1n) is 9.13. The van der Waals surface area contributed by atoms with Crippen LogP contribution in [0.3, 0.4) is 0 Å². The lowest BCUT2D eigenvalue weighted by atomic mass is 10.1. The van der Waals surface area contributed by atoms with Gasteiger partial charge in [-0.25, -0.2) is 9.48 Å². The molecule has 2 N–H and O–H groups in total. The van der Waals surface area contributed by atoms with E-state index < -0.39 is 6.09 Å². The fraction of sp³-hybridized carbons (Fsp3) is 0.300. The van der Waals surface area contributed by atoms with Crippen LogP contribution in [-0.4, -0.2) is 34.6 Å². The predicted molar refractivity (Wildman–Crippen MR) is 113 cm³/mol. The molecule has 6 nitrogen and oxygen atoms in total. The number of hydrogen-bond donors (Lipinski definition) is 2. The molecule has 1 aliphatic heterocycles. The number of carbonyl (C=O) groups is 1. The molecule has 0 saturated carbocycles. The Kier molecular flexibility index (Phi) is 5.19. The molecule has 1 amide bonds. The van der Waals surface area contributed by atoms with Crippen LogP contribution in [0.5, 0.6) is 0 Å². The van der Waals surface area contributed by atoms with Crippen molar-refractivity contribution in [2.45, 2.75) is 25.4 Å². The van der Waals surface area contributed by atoms with E-state index >= 15 is 0 Å². The zero-order valence-corrected chi connectivity index (χ0v) is 16.8. The van der Waals surface area contributed by atoms with E-state index in [1.807, 2.05) is 28.9 Å². The van der Waals surface area contributed by atoms with Gasteiger partial charge in [-0.1, -0.05) is 23.2 Å². The third-order valence-electron chi connectivity index (χ3n) is 5.08. The number of anilines is 1. The average Bonchev–Trinajstić information content (AvgIpc) is 3.06. The number of halogens is 2. The Morgan fingerprint density at radius 2 is 1.96 bits per heavy atom. The summed E-state index contributed by atoms with van der Waals surface area (Å²) in [6.07, 6.45) is 2.36. The zero-order chi connectivity index (χ0) is 19.8. The van der Waals surface area contributed by atoms with Gasteiger partial charge in [0.15, 0.2) is 0 Å². The zero-order valence-electron chi connectivity index (χ0n) is 15.3. The first-order valence-corrected chi connectivity index (χ1v) is 9.88. The minimum Gasteiger partial charge on any atom is -0.465 e. The predicted octanol–water partition coefficient (Wildman–Crippen LogP) is 5.40. The highest BCUT2D eigenvalue weighted by Crippen LogP contribution is 2.35. The Bertz CT molecular complexity index is 1020. The summed E-state index contributed by atoms with van der Waals surface area (Å²) in [5.74, 6) is 0. The van der Waals surface area contributed by atoms with Crippen LogP contribution < -0.4 is 10.2 Å². The van der Waals surface area contributed by atoms with Crippen LogP contribution in [0.15, 0.2) is 36.4 Å². The molecule has 0 aliphatic carbocycles. The van der Waals surface area contributed by atoms with Crippen LogP contribution in [0, 0.1) is 0 Å². The van der Waals surface area contributed by atoms with Crippen LogP contribution >= 0.6 is 23.2 Å². The molecular weight excluding hydrogens is 399 g/mol. The van der Waals surface area contributed by atoms with Crippen LogP contribution in [0.25, 0.3) is 22.2 Å². The molecule has 1 saturated heterocycles. The van der Waals surface area contributed by atoms with Crippen molar-refractivity contribution >= 4 is 45.9 Å². The third-order valence-corrected chi connectivity index (χ3v) is 5.52. The van der Waals surface area contributed by atoms with Gasteiger partial charge in [0.05, 0.1) is 5.52 Å². The normalized spacial score (nSPS) is 17.0. The van der Waals surface area contributed by atoms with Crippen molar-refractivity contribution in [3.63, 3.8) is 0 Å². The van der Waals surface area contributed by atoms with Gasteiger partial charge in [0.25, 0.3) is 0 Å². The van der Waals surface area contributed by atoms with Crippen LogP contribution in [0.4, 0.5) is 10.5 Å². The largest absolute Gasteiger partial charge is 0.465 e. The van der Waals surface area contributed by atoms with E-state index in [0.29, 0.717) is 15.7 Å². The first kappa shape index (κ1) is 19.1. The Morgan fingerprint density at radius 1 is 1.21 bits per heavy atom. The molecule has 0 radical (unpaired) electrons. The summed E-state index contributed by atoms with van der Waals surface area (Å²) in [5, 5.41) is 19.6. The minimum atomic E-state index is -1.02. The lowest BCUT2D eigenvalue weighted by molar-refractivity contribution is 0.203. The smallest absolute Gasteiger partial charge is 0.411 e. The summed E-state index contributed by atoms with van der Waals surface area (Å²) in [6, 6.07) is 10.9. The Labute approximate surface area is 172 Å². The van der Waals surface area contributed by atoms with Gasteiger partial charge < -0.3 is 5.11 Å². The molecule has 0 bridgehead atoms. The van der Waals surface area contributed by atoms with Crippen LogP contribution in [-0.2, 0) is 0 Å². The molecule has 4 rings (SSSR count). The van der Waals surface area contributed by atoms with Gasteiger partial charge in [-0.05, 0) is 62.2 Å². The number of hydrogen-bond acceptors (Lipinski definition) is 3. The lowest BCUT2D eigenvalue weighted by Gasteiger charge is -2.24. The molecule has 2 aromatic carbocycles. The van der Waals surface area contributed by atoms with Crippen molar-refractivity contribution in [1.82, 2.24) is 15.1 Å².